The standard InChI is InChI=1S/C24H25N5O3S2/c1-28(19-8-4-3-5-9-19)34(31,32)20-13-11-18(12-14-20)24(30)25-21(15-17-33-2)23-27-26-22-10-6-7-16-29(22)23/h3-14,16,21H,15,17H2,1-2H3,(H,25,30). The van der Waals surface area contributed by atoms with Crippen molar-refractivity contribution in [3.05, 3.63) is 90.4 Å². The molecule has 0 aliphatic rings. The number of nitrogens with one attached hydrogen (secondary N) is 1. The summed E-state index contributed by atoms with van der Waals surface area (Å²) in [6.07, 6.45) is 4.55. The molecule has 2 aromatic heterocycles. The van der Waals surface area contributed by atoms with Gasteiger partial charge >= 0.3 is 0 Å². The van der Waals surface area contributed by atoms with Crippen LogP contribution in [0.5, 0.6) is 0 Å². The van der Waals surface area contributed by atoms with Gasteiger partial charge in [-0.25, -0.2) is 8.42 Å². The lowest BCUT2D eigenvalue weighted by Crippen LogP contribution is -2.30. The number of para-hydroxylation sites is 1. The topological polar surface area (TPSA) is 96.7 Å². The number of benzene rings is 2. The third kappa shape index (κ3) is 4.92. The summed E-state index contributed by atoms with van der Waals surface area (Å²) in [4.78, 5) is 13.1. The zero-order valence-electron chi connectivity index (χ0n) is 18.8. The summed E-state index contributed by atoms with van der Waals surface area (Å²) in [6.45, 7) is 0. The van der Waals surface area contributed by atoms with Gasteiger partial charge in [-0.1, -0.05) is 24.3 Å². The molecule has 0 fully saturated rings. The molecule has 34 heavy (non-hydrogen) atoms. The number of sulfonamides is 1. The molecule has 0 aliphatic heterocycles. The number of rotatable bonds is 9. The Balaban J connectivity index is 1.54. The van der Waals surface area contributed by atoms with Gasteiger partial charge in [0.05, 0.1) is 16.6 Å². The minimum absolute atomic E-state index is 0.109. The van der Waals surface area contributed by atoms with Gasteiger partial charge in [-0.15, -0.1) is 10.2 Å². The van der Waals surface area contributed by atoms with Gasteiger partial charge < -0.3 is 5.32 Å². The Morgan fingerprint density at radius 3 is 2.44 bits per heavy atom. The quantitative estimate of drug-likeness (QED) is 0.380. The second kappa shape index (κ2) is 10.3. The molecule has 4 rings (SSSR count). The summed E-state index contributed by atoms with van der Waals surface area (Å²) in [7, 11) is -2.25. The number of aromatic nitrogens is 3. The Morgan fingerprint density at radius 2 is 1.74 bits per heavy atom. The van der Waals surface area contributed by atoms with Crippen LogP contribution in [-0.4, -0.2) is 48.0 Å². The predicted molar refractivity (Wildman–Crippen MR) is 135 cm³/mol. The molecule has 0 radical (unpaired) electrons. The lowest BCUT2D eigenvalue weighted by Gasteiger charge is -2.20. The Kier molecular flexibility index (Phi) is 7.18. The van der Waals surface area contributed by atoms with E-state index in [-0.39, 0.29) is 16.8 Å². The Labute approximate surface area is 203 Å². The van der Waals surface area contributed by atoms with Crippen LogP contribution in [0.4, 0.5) is 5.69 Å². The smallest absolute Gasteiger partial charge is 0.264 e. The number of anilines is 1. The first-order valence-electron chi connectivity index (χ1n) is 10.7. The van der Waals surface area contributed by atoms with E-state index < -0.39 is 10.0 Å². The van der Waals surface area contributed by atoms with Gasteiger partial charge in [0.2, 0.25) is 0 Å². The van der Waals surface area contributed by atoms with Gasteiger partial charge in [0.25, 0.3) is 15.9 Å². The van der Waals surface area contributed by atoms with Crippen LogP contribution < -0.4 is 9.62 Å². The highest BCUT2D eigenvalue weighted by atomic mass is 32.2. The van der Waals surface area contributed by atoms with Crippen molar-refractivity contribution >= 4 is 39.0 Å². The van der Waals surface area contributed by atoms with E-state index in [1.807, 2.05) is 41.1 Å². The second-order valence-electron chi connectivity index (χ2n) is 7.63. The molecule has 4 aromatic rings. The van der Waals surface area contributed by atoms with E-state index in [1.165, 1.54) is 35.6 Å². The second-order valence-corrected chi connectivity index (χ2v) is 10.6. The van der Waals surface area contributed by atoms with E-state index in [0.29, 0.717) is 29.1 Å². The van der Waals surface area contributed by atoms with Gasteiger partial charge in [-0.3, -0.25) is 13.5 Å². The lowest BCUT2D eigenvalue weighted by molar-refractivity contribution is 0.0933. The molecule has 176 valence electrons. The molecular formula is C24H25N5O3S2. The fourth-order valence-corrected chi connectivity index (χ4v) is 5.22. The van der Waals surface area contributed by atoms with Crippen LogP contribution in [0.1, 0.15) is 28.6 Å². The average Bonchev–Trinajstić information content (AvgIpc) is 3.30. The third-order valence-electron chi connectivity index (χ3n) is 5.46. The van der Waals surface area contributed by atoms with E-state index in [1.54, 1.807) is 36.0 Å². The Bertz CT molecular complexity index is 1370. The zero-order valence-corrected chi connectivity index (χ0v) is 20.5. The molecule has 0 aliphatic carbocycles. The van der Waals surface area contributed by atoms with Gasteiger partial charge in [0.1, 0.15) is 0 Å². The normalized spacial score (nSPS) is 12.4. The maximum atomic E-state index is 13.0. The van der Waals surface area contributed by atoms with Crippen molar-refractivity contribution in [3.63, 3.8) is 0 Å². The molecular weight excluding hydrogens is 470 g/mol. The minimum atomic E-state index is -3.75. The summed E-state index contributed by atoms with van der Waals surface area (Å²) in [6, 6.07) is 20.1. The van der Waals surface area contributed by atoms with Crippen molar-refractivity contribution < 1.29 is 13.2 Å². The fraction of sp³-hybridized carbons (Fsp3) is 0.208. The predicted octanol–water partition coefficient (Wildman–Crippen LogP) is 3.78. The van der Waals surface area contributed by atoms with Crippen LogP contribution in [0, 0.1) is 0 Å². The van der Waals surface area contributed by atoms with Crippen molar-refractivity contribution in [1.29, 1.82) is 0 Å². The SMILES string of the molecule is CSCCC(NC(=O)c1ccc(S(=O)(=O)N(C)c2ccccc2)cc1)c1nnc2ccccn12. The van der Waals surface area contributed by atoms with Gasteiger partial charge in [0, 0.05) is 18.8 Å². The van der Waals surface area contributed by atoms with Crippen molar-refractivity contribution in [2.75, 3.05) is 23.4 Å². The number of hydrogen-bond donors (Lipinski definition) is 1. The highest BCUT2D eigenvalue weighted by molar-refractivity contribution is 7.98. The third-order valence-corrected chi connectivity index (χ3v) is 7.91. The number of amides is 1. The van der Waals surface area contributed by atoms with E-state index in [0.717, 1.165) is 5.75 Å². The van der Waals surface area contributed by atoms with Crippen LogP contribution in [0.2, 0.25) is 0 Å². The molecule has 1 atom stereocenters. The van der Waals surface area contributed by atoms with E-state index in [9.17, 15) is 13.2 Å². The van der Waals surface area contributed by atoms with Crippen molar-refractivity contribution in [1.82, 2.24) is 19.9 Å². The van der Waals surface area contributed by atoms with Crippen LogP contribution in [0.3, 0.4) is 0 Å². The van der Waals surface area contributed by atoms with Gasteiger partial charge in [-0.2, -0.15) is 11.8 Å². The first-order chi connectivity index (χ1) is 16.4. The summed E-state index contributed by atoms with van der Waals surface area (Å²) in [5.41, 5.74) is 1.63. The van der Waals surface area contributed by atoms with E-state index >= 15 is 0 Å². The largest absolute Gasteiger partial charge is 0.342 e. The molecule has 0 spiro atoms. The maximum Gasteiger partial charge on any atom is 0.264 e. The number of hydrogen-bond acceptors (Lipinski definition) is 6. The molecule has 2 heterocycles. The summed E-state index contributed by atoms with van der Waals surface area (Å²) >= 11 is 1.68. The van der Waals surface area contributed by atoms with E-state index in [2.05, 4.69) is 15.5 Å². The highest BCUT2D eigenvalue weighted by Crippen LogP contribution is 2.23. The molecule has 0 saturated carbocycles. The van der Waals surface area contributed by atoms with Gasteiger partial charge in [-0.05, 0) is 67.0 Å². The Morgan fingerprint density at radius 1 is 1.03 bits per heavy atom. The molecule has 0 saturated heterocycles. The Hall–Kier alpha value is -3.37. The highest BCUT2D eigenvalue weighted by Gasteiger charge is 2.23. The molecule has 0 bridgehead atoms. The number of thioether (sulfide) groups is 1. The average molecular weight is 496 g/mol. The molecule has 1 N–H and O–H groups in total. The molecule has 10 heteroatoms. The fourth-order valence-electron chi connectivity index (χ4n) is 3.55. The van der Waals surface area contributed by atoms with Crippen molar-refractivity contribution in [2.45, 2.75) is 17.4 Å². The first kappa shape index (κ1) is 23.8. The number of pyridine rings is 1. The number of carbonyl (C=O) groups excluding carboxylic acids is 1. The first-order valence-corrected chi connectivity index (χ1v) is 13.5. The molecule has 1 amide bonds. The maximum absolute atomic E-state index is 13.0. The van der Waals surface area contributed by atoms with Crippen LogP contribution in [-0.2, 0) is 10.0 Å². The number of carbonyl (C=O) groups is 1. The van der Waals surface area contributed by atoms with Crippen LogP contribution >= 0.6 is 11.8 Å². The number of fused-ring (bicyclic) bond motifs is 1. The van der Waals surface area contributed by atoms with E-state index in [4.69, 9.17) is 0 Å². The summed E-state index contributed by atoms with van der Waals surface area (Å²) < 4.78 is 29.1. The summed E-state index contributed by atoms with van der Waals surface area (Å²) in [5, 5.41) is 11.5. The zero-order chi connectivity index (χ0) is 24.1. The van der Waals surface area contributed by atoms with Crippen LogP contribution in [0.25, 0.3) is 5.65 Å². The summed E-state index contributed by atoms with van der Waals surface area (Å²) in [5.74, 6) is 1.18. The molecule has 8 nitrogen and oxygen atoms in total. The molecule has 1 unspecified atom stereocenters. The monoisotopic (exact) mass is 495 g/mol. The minimum Gasteiger partial charge on any atom is -0.342 e. The molecule has 2 aromatic carbocycles. The van der Waals surface area contributed by atoms with Crippen molar-refractivity contribution in [2.24, 2.45) is 0 Å². The van der Waals surface area contributed by atoms with Crippen molar-refractivity contribution in [3.8, 4) is 0 Å². The van der Waals surface area contributed by atoms with Gasteiger partial charge in [0.15, 0.2) is 11.5 Å². The lowest BCUT2D eigenvalue weighted by atomic mass is 10.1. The number of nitrogens with zero attached hydrogens (tertiary/aromatic N) is 4. The van der Waals surface area contributed by atoms with Crippen LogP contribution in [0.15, 0.2) is 83.9 Å².